The third-order valence-electron chi connectivity index (χ3n) is 3.47. The molecule has 3 N–H and O–H groups in total. The molecule has 2 unspecified atom stereocenters. The fourth-order valence-electron chi connectivity index (χ4n) is 2.15. The molecule has 1 rings (SSSR count). The number of hydrogen-bond acceptors (Lipinski definition) is 3. The standard InChI is InChI=1S/C12H24N2O2/c1-3-9-5-6-13-11(7-9)12(16)14-10(4-2)8-15/h9-11,13,15H,3-8H2,1-2H3,(H,14,16)/t9?,10-,11?/m0/s1. The van der Waals surface area contributed by atoms with Crippen molar-refractivity contribution in [3.63, 3.8) is 0 Å². The van der Waals surface area contributed by atoms with Crippen LogP contribution in [0.4, 0.5) is 0 Å². The SMILES string of the molecule is CCC1CCNC(C(=O)N[C@@H](CC)CO)C1. The molecular formula is C12H24N2O2. The average Bonchev–Trinajstić information content (AvgIpc) is 2.35. The van der Waals surface area contributed by atoms with Crippen molar-refractivity contribution in [2.45, 2.75) is 51.6 Å². The van der Waals surface area contributed by atoms with Crippen LogP contribution in [0, 0.1) is 5.92 Å². The molecule has 4 heteroatoms. The first-order chi connectivity index (χ1) is 7.71. The molecule has 16 heavy (non-hydrogen) atoms. The highest BCUT2D eigenvalue weighted by molar-refractivity contribution is 5.82. The number of carbonyl (C=O) groups is 1. The van der Waals surface area contributed by atoms with Gasteiger partial charge < -0.3 is 15.7 Å². The number of amides is 1. The Morgan fingerprint density at radius 1 is 1.56 bits per heavy atom. The van der Waals surface area contributed by atoms with Crippen LogP contribution in [0.15, 0.2) is 0 Å². The molecule has 94 valence electrons. The third-order valence-corrected chi connectivity index (χ3v) is 3.47. The summed E-state index contributed by atoms with van der Waals surface area (Å²) in [6, 6.07) is -0.171. The van der Waals surface area contributed by atoms with Gasteiger partial charge in [0.2, 0.25) is 5.91 Å². The molecule has 1 heterocycles. The van der Waals surface area contributed by atoms with Crippen LogP contribution in [0.2, 0.25) is 0 Å². The number of nitrogens with one attached hydrogen (secondary N) is 2. The molecular weight excluding hydrogens is 204 g/mol. The number of carbonyl (C=O) groups excluding carboxylic acids is 1. The third kappa shape index (κ3) is 3.76. The van der Waals surface area contributed by atoms with Crippen LogP contribution in [-0.2, 0) is 4.79 Å². The maximum atomic E-state index is 11.9. The quantitative estimate of drug-likeness (QED) is 0.647. The average molecular weight is 228 g/mol. The van der Waals surface area contributed by atoms with E-state index in [-0.39, 0.29) is 24.6 Å². The molecule has 0 aromatic carbocycles. The molecule has 0 spiro atoms. The van der Waals surface area contributed by atoms with Gasteiger partial charge in [-0.15, -0.1) is 0 Å². The van der Waals surface area contributed by atoms with Crippen molar-refractivity contribution in [2.75, 3.05) is 13.2 Å². The molecule has 1 saturated heterocycles. The van der Waals surface area contributed by atoms with Crippen molar-refractivity contribution < 1.29 is 9.90 Å². The van der Waals surface area contributed by atoms with E-state index >= 15 is 0 Å². The van der Waals surface area contributed by atoms with Crippen molar-refractivity contribution in [3.8, 4) is 0 Å². The summed E-state index contributed by atoms with van der Waals surface area (Å²) < 4.78 is 0. The van der Waals surface area contributed by atoms with Gasteiger partial charge in [-0.2, -0.15) is 0 Å². The summed E-state index contributed by atoms with van der Waals surface area (Å²) in [4.78, 5) is 11.9. The zero-order valence-corrected chi connectivity index (χ0v) is 10.3. The summed E-state index contributed by atoms with van der Waals surface area (Å²) in [5.74, 6) is 0.699. The molecule has 0 radical (unpaired) electrons. The fraction of sp³-hybridized carbons (Fsp3) is 0.917. The zero-order valence-electron chi connectivity index (χ0n) is 10.3. The van der Waals surface area contributed by atoms with Gasteiger partial charge in [-0.1, -0.05) is 20.3 Å². The van der Waals surface area contributed by atoms with Crippen molar-refractivity contribution >= 4 is 5.91 Å². The van der Waals surface area contributed by atoms with E-state index in [1.165, 1.54) is 0 Å². The van der Waals surface area contributed by atoms with Crippen LogP contribution in [-0.4, -0.2) is 36.2 Å². The number of aliphatic hydroxyl groups is 1. The van der Waals surface area contributed by atoms with E-state index in [1.54, 1.807) is 0 Å². The molecule has 0 aromatic heterocycles. The minimum absolute atomic E-state index is 0.0200. The Bertz CT molecular complexity index is 217. The lowest BCUT2D eigenvalue weighted by Gasteiger charge is -2.29. The highest BCUT2D eigenvalue weighted by Gasteiger charge is 2.26. The number of rotatable bonds is 5. The summed E-state index contributed by atoms with van der Waals surface area (Å²) in [6.07, 6.45) is 4.00. The van der Waals surface area contributed by atoms with Gasteiger partial charge in [0.05, 0.1) is 18.7 Å². The van der Waals surface area contributed by atoms with Crippen LogP contribution in [0.3, 0.4) is 0 Å². The molecule has 0 bridgehead atoms. The van der Waals surface area contributed by atoms with E-state index in [1.807, 2.05) is 6.92 Å². The summed E-state index contributed by atoms with van der Waals surface area (Å²) in [6.45, 7) is 5.08. The Kier molecular flexibility index (Phi) is 5.77. The van der Waals surface area contributed by atoms with Gasteiger partial charge in [-0.25, -0.2) is 0 Å². The van der Waals surface area contributed by atoms with Gasteiger partial charge in [0.15, 0.2) is 0 Å². The topological polar surface area (TPSA) is 61.4 Å². The maximum absolute atomic E-state index is 11.9. The van der Waals surface area contributed by atoms with Gasteiger partial charge in [0.1, 0.15) is 0 Å². The van der Waals surface area contributed by atoms with Gasteiger partial charge in [-0.3, -0.25) is 4.79 Å². The Morgan fingerprint density at radius 2 is 2.31 bits per heavy atom. The summed E-state index contributed by atoms with van der Waals surface area (Å²) in [5, 5.41) is 15.2. The normalized spacial score (nSPS) is 27.4. The highest BCUT2D eigenvalue weighted by atomic mass is 16.3. The molecule has 0 aliphatic carbocycles. The largest absolute Gasteiger partial charge is 0.394 e. The Balaban J connectivity index is 2.40. The number of hydrogen-bond donors (Lipinski definition) is 3. The molecule has 0 saturated carbocycles. The van der Waals surface area contributed by atoms with E-state index in [0.29, 0.717) is 5.92 Å². The number of aliphatic hydroxyl groups excluding tert-OH is 1. The predicted octanol–water partition coefficient (Wildman–Crippen LogP) is 0.652. The highest BCUT2D eigenvalue weighted by Crippen LogP contribution is 2.19. The molecule has 1 amide bonds. The van der Waals surface area contributed by atoms with Gasteiger partial charge in [0, 0.05) is 0 Å². The smallest absolute Gasteiger partial charge is 0.237 e. The van der Waals surface area contributed by atoms with Gasteiger partial charge in [0.25, 0.3) is 0 Å². The molecule has 0 aromatic rings. The zero-order chi connectivity index (χ0) is 12.0. The Hall–Kier alpha value is -0.610. The predicted molar refractivity (Wildman–Crippen MR) is 64.1 cm³/mol. The van der Waals surface area contributed by atoms with Crippen LogP contribution in [0.1, 0.15) is 39.5 Å². The molecule has 1 aliphatic rings. The first kappa shape index (κ1) is 13.5. The van der Waals surface area contributed by atoms with Gasteiger partial charge >= 0.3 is 0 Å². The summed E-state index contributed by atoms with van der Waals surface area (Å²) in [7, 11) is 0. The second kappa shape index (κ2) is 6.86. The monoisotopic (exact) mass is 228 g/mol. The summed E-state index contributed by atoms with van der Waals surface area (Å²) in [5.41, 5.74) is 0. The Morgan fingerprint density at radius 3 is 2.88 bits per heavy atom. The van der Waals surface area contributed by atoms with E-state index in [9.17, 15) is 4.79 Å². The lowest BCUT2D eigenvalue weighted by atomic mass is 9.90. The first-order valence-electron chi connectivity index (χ1n) is 6.35. The second-order valence-electron chi connectivity index (χ2n) is 4.60. The summed E-state index contributed by atoms with van der Waals surface area (Å²) >= 11 is 0. The Labute approximate surface area is 97.8 Å². The van der Waals surface area contributed by atoms with Crippen LogP contribution in [0.25, 0.3) is 0 Å². The molecule has 3 atom stereocenters. The lowest BCUT2D eigenvalue weighted by Crippen LogP contribution is -2.51. The lowest BCUT2D eigenvalue weighted by molar-refractivity contribution is -0.125. The van der Waals surface area contributed by atoms with Crippen LogP contribution < -0.4 is 10.6 Å². The van der Waals surface area contributed by atoms with E-state index in [0.717, 1.165) is 32.2 Å². The van der Waals surface area contributed by atoms with Gasteiger partial charge in [-0.05, 0) is 31.7 Å². The van der Waals surface area contributed by atoms with Crippen molar-refractivity contribution in [1.82, 2.24) is 10.6 Å². The number of piperidine rings is 1. The minimum Gasteiger partial charge on any atom is -0.394 e. The van der Waals surface area contributed by atoms with E-state index < -0.39 is 0 Å². The van der Waals surface area contributed by atoms with Crippen molar-refractivity contribution in [2.24, 2.45) is 5.92 Å². The van der Waals surface area contributed by atoms with E-state index in [2.05, 4.69) is 17.6 Å². The van der Waals surface area contributed by atoms with Crippen molar-refractivity contribution in [1.29, 1.82) is 0 Å². The second-order valence-corrected chi connectivity index (χ2v) is 4.60. The molecule has 1 aliphatic heterocycles. The van der Waals surface area contributed by atoms with Crippen LogP contribution in [0.5, 0.6) is 0 Å². The molecule has 4 nitrogen and oxygen atoms in total. The molecule has 1 fully saturated rings. The van der Waals surface area contributed by atoms with Crippen molar-refractivity contribution in [3.05, 3.63) is 0 Å². The van der Waals surface area contributed by atoms with E-state index in [4.69, 9.17) is 5.11 Å². The van der Waals surface area contributed by atoms with Crippen LogP contribution >= 0.6 is 0 Å². The maximum Gasteiger partial charge on any atom is 0.237 e. The fourth-order valence-corrected chi connectivity index (χ4v) is 2.15. The first-order valence-corrected chi connectivity index (χ1v) is 6.35. The minimum atomic E-state index is -0.101.